The van der Waals surface area contributed by atoms with Gasteiger partial charge in [0.1, 0.15) is 5.75 Å². The second-order valence-corrected chi connectivity index (χ2v) is 4.33. The molecule has 0 aliphatic carbocycles. The lowest BCUT2D eigenvalue weighted by Crippen LogP contribution is -2.40. The molecule has 19 heavy (non-hydrogen) atoms. The first-order chi connectivity index (χ1) is 9.17. The van der Waals surface area contributed by atoms with Crippen molar-refractivity contribution < 1.29 is 14.3 Å². The third kappa shape index (κ3) is 5.61. The number of para-hydroxylation sites is 2. The van der Waals surface area contributed by atoms with Gasteiger partial charge in [0, 0.05) is 7.11 Å². The number of amides is 1. The molecule has 0 heterocycles. The molecule has 1 unspecified atom stereocenters. The Hall–Kier alpha value is -1.75. The van der Waals surface area contributed by atoms with Crippen molar-refractivity contribution in [1.29, 1.82) is 0 Å². The van der Waals surface area contributed by atoms with Crippen LogP contribution in [-0.4, -0.2) is 32.3 Å². The number of anilines is 1. The lowest BCUT2D eigenvalue weighted by Gasteiger charge is -2.17. The molecule has 5 heteroatoms. The monoisotopic (exact) mass is 266 g/mol. The molecule has 0 saturated carbocycles. The molecular weight excluding hydrogens is 244 g/mol. The zero-order valence-corrected chi connectivity index (χ0v) is 11.5. The van der Waals surface area contributed by atoms with Crippen molar-refractivity contribution in [3.63, 3.8) is 0 Å². The Labute approximate surface area is 114 Å². The van der Waals surface area contributed by atoms with Gasteiger partial charge in [-0.1, -0.05) is 25.5 Å². The van der Waals surface area contributed by atoms with Crippen LogP contribution in [0.3, 0.4) is 0 Å². The molecule has 1 rings (SSSR count). The van der Waals surface area contributed by atoms with Crippen LogP contribution in [0.4, 0.5) is 5.69 Å². The maximum Gasteiger partial charge on any atom is 0.258 e. The number of benzene rings is 1. The molecule has 1 atom stereocenters. The van der Waals surface area contributed by atoms with Gasteiger partial charge >= 0.3 is 0 Å². The molecule has 0 saturated heterocycles. The van der Waals surface area contributed by atoms with Crippen LogP contribution in [0, 0.1) is 0 Å². The fraction of sp³-hybridized carbons (Fsp3) is 0.500. The van der Waals surface area contributed by atoms with Gasteiger partial charge in [0.05, 0.1) is 18.3 Å². The molecule has 0 aliphatic rings. The smallest absolute Gasteiger partial charge is 0.258 e. The van der Waals surface area contributed by atoms with E-state index in [1.54, 1.807) is 19.2 Å². The number of hydrogen-bond acceptors (Lipinski definition) is 4. The van der Waals surface area contributed by atoms with E-state index in [2.05, 4.69) is 12.2 Å². The number of rotatable bonds is 8. The predicted molar refractivity (Wildman–Crippen MR) is 75.1 cm³/mol. The van der Waals surface area contributed by atoms with Gasteiger partial charge in [0.15, 0.2) is 6.61 Å². The van der Waals surface area contributed by atoms with E-state index in [0.29, 0.717) is 18.0 Å². The number of ether oxygens (including phenoxy) is 2. The minimum absolute atomic E-state index is 0.0271. The third-order valence-electron chi connectivity index (χ3n) is 2.65. The topological polar surface area (TPSA) is 73.6 Å². The van der Waals surface area contributed by atoms with Crippen LogP contribution in [0.1, 0.15) is 19.8 Å². The van der Waals surface area contributed by atoms with Gasteiger partial charge in [-0.15, -0.1) is 0 Å². The van der Waals surface area contributed by atoms with E-state index in [1.807, 2.05) is 12.1 Å². The molecule has 0 fully saturated rings. The molecule has 0 aromatic heterocycles. The molecule has 1 aromatic rings. The molecule has 106 valence electrons. The van der Waals surface area contributed by atoms with Crippen molar-refractivity contribution in [2.75, 3.05) is 26.1 Å². The highest BCUT2D eigenvalue weighted by Gasteiger charge is 2.12. The van der Waals surface area contributed by atoms with E-state index >= 15 is 0 Å². The summed E-state index contributed by atoms with van der Waals surface area (Å²) >= 11 is 0. The minimum atomic E-state index is -0.168. The standard InChI is InChI=1S/C14H22N2O3/c1-3-6-11(9-18-2)16-14(17)10-19-13-8-5-4-7-12(13)15/h4-5,7-8,11H,3,6,9-10,15H2,1-2H3,(H,16,17). The summed E-state index contributed by atoms with van der Waals surface area (Å²) in [6.45, 7) is 2.53. The molecule has 1 aromatic carbocycles. The van der Waals surface area contributed by atoms with Crippen molar-refractivity contribution in [3.05, 3.63) is 24.3 Å². The number of carbonyl (C=O) groups excluding carboxylic acids is 1. The van der Waals surface area contributed by atoms with Crippen molar-refractivity contribution in [2.45, 2.75) is 25.8 Å². The van der Waals surface area contributed by atoms with E-state index in [0.717, 1.165) is 12.8 Å². The van der Waals surface area contributed by atoms with Crippen molar-refractivity contribution in [2.24, 2.45) is 0 Å². The average molecular weight is 266 g/mol. The Morgan fingerprint density at radius 2 is 2.16 bits per heavy atom. The van der Waals surface area contributed by atoms with Gasteiger partial charge in [0.2, 0.25) is 0 Å². The summed E-state index contributed by atoms with van der Waals surface area (Å²) in [5.74, 6) is 0.357. The number of nitrogen functional groups attached to an aromatic ring is 1. The largest absolute Gasteiger partial charge is 0.482 e. The predicted octanol–water partition coefficient (Wildman–Crippen LogP) is 1.58. The second-order valence-electron chi connectivity index (χ2n) is 4.33. The lowest BCUT2D eigenvalue weighted by molar-refractivity contribution is -0.124. The summed E-state index contributed by atoms with van der Waals surface area (Å²) < 4.78 is 10.4. The highest BCUT2D eigenvalue weighted by Crippen LogP contribution is 2.19. The fourth-order valence-electron chi connectivity index (χ4n) is 1.77. The zero-order valence-electron chi connectivity index (χ0n) is 11.5. The number of methoxy groups -OCH3 is 1. The molecular formula is C14H22N2O3. The van der Waals surface area contributed by atoms with Gasteiger partial charge in [-0.25, -0.2) is 0 Å². The second kappa shape index (κ2) is 8.37. The van der Waals surface area contributed by atoms with E-state index < -0.39 is 0 Å². The number of nitrogens with one attached hydrogen (secondary N) is 1. The van der Waals surface area contributed by atoms with Crippen LogP contribution in [0.15, 0.2) is 24.3 Å². The Morgan fingerprint density at radius 3 is 2.79 bits per heavy atom. The van der Waals surface area contributed by atoms with Crippen LogP contribution in [0.5, 0.6) is 5.75 Å². The van der Waals surface area contributed by atoms with E-state index in [-0.39, 0.29) is 18.6 Å². The Bertz CT molecular complexity index is 390. The van der Waals surface area contributed by atoms with Crippen molar-refractivity contribution in [3.8, 4) is 5.75 Å². The maximum atomic E-state index is 11.8. The van der Waals surface area contributed by atoms with Crippen LogP contribution in [-0.2, 0) is 9.53 Å². The van der Waals surface area contributed by atoms with Gasteiger partial charge in [0.25, 0.3) is 5.91 Å². The van der Waals surface area contributed by atoms with Gasteiger partial charge in [-0.05, 0) is 18.6 Å². The SMILES string of the molecule is CCCC(COC)NC(=O)COc1ccccc1N. The zero-order chi connectivity index (χ0) is 14.1. The quantitative estimate of drug-likeness (QED) is 0.701. The highest BCUT2D eigenvalue weighted by atomic mass is 16.5. The summed E-state index contributed by atoms with van der Waals surface area (Å²) in [7, 11) is 1.62. The van der Waals surface area contributed by atoms with Crippen molar-refractivity contribution in [1.82, 2.24) is 5.32 Å². The van der Waals surface area contributed by atoms with Gasteiger partial charge < -0.3 is 20.5 Å². The first-order valence-electron chi connectivity index (χ1n) is 6.43. The molecule has 5 nitrogen and oxygen atoms in total. The average Bonchev–Trinajstić information content (AvgIpc) is 2.38. The van der Waals surface area contributed by atoms with Gasteiger partial charge in [-0.2, -0.15) is 0 Å². The summed E-state index contributed by atoms with van der Waals surface area (Å²) in [5, 5.41) is 2.88. The van der Waals surface area contributed by atoms with E-state index in [4.69, 9.17) is 15.2 Å². The summed E-state index contributed by atoms with van der Waals surface area (Å²) in [6.07, 6.45) is 1.87. The first-order valence-corrected chi connectivity index (χ1v) is 6.43. The normalized spacial score (nSPS) is 11.9. The minimum Gasteiger partial charge on any atom is -0.482 e. The molecule has 0 radical (unpaired) electrons. The van der Waals surface area contributed by atoms with E-state index in [9.17, 15) is 4.79 Å². The van der Waals surface area contributed by atoms with Crippen molar-refractivity contribution >= 4 is 11.6 Å². The van der Waals surface area contributed by atoms with Crippen LogP contribution >= 0.6 is 0 Å². The van der Waals surface area contributed by atoms with Crippen LogP contribution in [0.2, 0.25) is 0 Å². The van der Waals surface area contributed by atoms with E-state index in [1.165, 1.54) is 0 Å². The summed E-state index contributed by atoms with van der Waals surface area (Å²) in [4.78, 5) is 11.8. The number of hydrogen-bond donors (Lipinski definition) is 2. The van der Waals surface area contributed by atoms with Crippen LogP contribution < -0.4 is 15.8 Å². The molecule has 3 N–H and O–H groups in total. The summed E-state index contributed by atoms with van der Waals surface area (Å²) in [6, 6.07) is 7.13. The molecule has 0 aliphatic heterocycles. The first kappa shape index (κ1) is 15.3. The van der Waals surface area contributed by atoms with Crippen LogP contribution in [0.25, 0.3) is 0 Å². The highest BCUT2D eigenvalue weighted by molar-refractivity contribution is 5.78. The number of nitrogens with two attached hydrogens (primary N) is 1. The summed E-state index contributed by atoms with van der Waals surface area (Å²) in [5.41, 5.74) is 6.25. The lowest BCUT2D eigenvalue weighted by atomic mass is 10.2. The Morgan fingerprint density at radius 1 is 1.42 bits per heavy atom. The maximum absolute atomic E-state index is 11.8. The molecule has 0 bridgehead atoms. The molecule has 0 spiro atoms. The Balaban J connectivity index is 2.40. The van der Waals surface area contributed by atoms with Gasteiger partial charge in [-0.3, -0.25) is 4.79 Å². The fourth-order valence-corrected chi connectivity index (χ4v) is 1.77. The number of carbonyl (C=O) groups is 1. The molecule has 1 amide bonds. The Kier molecular flexibility index (Phi) is 6.74. The third-order valence-corrected chi connectivity index (χ3v) is 2.65.